The highest BCUT2D eigenvalue weighted by atomic mass is 19.4. The van der Waals surface area contributed by atoms with E-state index in [-0.39, 0.29) is 12.2 Å². The lowest BCUT2D eigenvalue weighted by Crippen LogP contribution is -2.35. The van der Waals surface area contributed by atoms with Gasteiger partial charge in [-0.1, -0.05) is 6.07 Å². The molecule has 0 spiro atoms. The first-order valence-corrected chi connectivity index (χ1v) is 7.36. The molecule has 0 radical (unpaired) electrons. The molecular formula is C15H16F3N3O4. The van der Waals surface area contributed by atoms with E-state index in [1.54, 1.807) is 6.92 Å². The Hall–Kier alpha value is -2.62. The molecule has 1 aromatic rings. The Morgan fingerprint density at radius 2 is 1.92 bits per heavy atom. The predicted octanol–water partition coefficient (Wildman–Crippen LogP) is 0.603. The van der Waals surface area contributed by atoms with Crippen molar-refractivity contribution >= 4 is 17.8 Å². The number of nitrogens with two attached hydrogens (primary N) is 1. The standard InChI is InChI=1S/C15H16F3N3O4/c1-2-25-14(24)10-9(13(23)21-19)11(10)20-12(22)7-4-3-5-8(6-7)15(16,17)18/h3-6,9-11H,2,19H2,1H3,(H,20,22)(H,21,23)/t9-,10+,11+/m1/s1. The number of nitrogens with one attached hydrogen (secondary N) is 2. The summed E-state index contributed by atoms with van der Waals surface area (Å²) in [5.74, 6) is 0.969. The molecule has 25 heavy (non-hydrogen) atoms. The molecule has 2 amide bonds. The molecule has 1 aromatic carbocycles. The van der Waals surface area contributed by atoms with Gasteiger partial charge >= 0.3 is 12.1 Å². The van der Waals surface area contributed by atoms with Crippen LogP contribution in [0.5, 0.6) is 0 Å². The summed E-state index contributed by atoms with van der Waals surface area (Å²) in [5, 5.41) is 2.38. The second kappa shape index (κ2) is 7.09. The maximum atomic E-state index is 12.7. The zero-order chi connectivity index (χ0) is 18.8. The Bertz CT molecular complexity index is 693. The van der Waals surface area contributed by atoms with Crippen LogP contribution in [0.25, 0.3) is 0 Å². The summed E-state index contributed by atoms with van der Waals surface area (Å²) in [4.78, 5) is 35.6. The lowest BCUT2D eigenvalue weighted by atomic mass is 10.1. The van der Waals surface area contributed by atoms with Crippen LogP contribution in [0.15, 0.2) is 24.3 Å². The number of carbonyl (C=O) groups excluding carboxylic acids is 3. The lowest BCUT2D eigenvalue weighted by Gasteiger charge is -2.09. The van der Waals surface area contributed by atoms with E-state index >= 15 is 0 Å². The molecule has 1 aliphatic rings. The number of ether oxygens (including phenoxy) is 1. The molecule has 1 saturated carbocycles. The molecule has 1 fully saturated rings. The first-order valence-electron chi connectivity index (χ1n) is 7.36. The largest absolute Gasteiger partial charge is 0.466 e. The van der Waals surface area contributed by atoms with E-state index in [2.05, 4.69) is 5.32 Å². The van der Waals surface area contributed by atoms with Crippen molar-refractivity contribution in [3.63, 3.8) is 0 Å². The Morgan fingerprint density at radius 1 is 1.24 bits per heavy atom. The van der Waals surface area contributed by atoms with Crippen molar-refractivity contribution in [1.29, 1.82) is 0 Å². The summed E-state index contributed by atoms with van der Waals surface area (Å²) in [7, 11) is 0. The maximum Gasteiger partial charge on any atom is 0.416 e. The van der Waals surface area contributed by atoms with Gasteiger partial charge in [0.15, 0.2) is 0 Å². The molecule has 0 unspecified atom stereocenters. The van der Waals surface area contributed by atoms with Gasteiger partial charge in [-0.3, -0.25) is 19.8 Å². The van der Waals surface area contributed by atoms with Crippen LogP contribution in [0.2, 0.25) is 0 Å². The molecule has 7 nitrogen and oxygen atoms in total. The van der Waals surface area contributed by atoms with E-state index in [4.69, 9.17) is 10.6 Å². The van der Waals surface area contributed by atoms with E-state index in [1.165, 1.54) is 6.07 Å². The first-order chi connectivity index (χ1) is 11.7. The molecule has 3 atom stereocenters. The molecule has 10 heteroatoms. The van der Waals surface area contributed by atoms with Gasteiger partial charge in [-0.15, -0.1) is 0 Å². The van der Waals surface area contributed by atoms with Crippen LogP contribution in [0.4, 0.5) is 13.2 Å². The highest BCUT2D eigenvalue weighted by Crippen LogP contribution is 2.40. The molecule has 0 saturated heterocycles. The zero-order valence-electron chi connectivity index (χ0n) is 13.1. The molecule has 4 N–H and O–H groups in total. The number of alkyl halides is 3. The van der Waals surface area contributed by atoms with Gasteiger partial charge in [0.25, 0.3) is 5.91 Å². The number of benzene rings is 1. The Labute approximate surface area is 140 Å². The Morgan fingerprint density at radius 3 is 2.48 bits per heavy atom. The number of halogens is 3. The third-order valence-corrected chi connectivity index (χ3v) is 3.77. The van der Waals surface area contributed by atoms with E-state index in [9.17, 15) is 27.6 Å². The molecular weight excluding hydrogens is 343 g/mol. The van der Waals surface area contributed by atoms with Gasteiger partial charge in [0, 0.05) is 5.56 Å². The fourth-order valence-electron chi connectivity index (χ4n) is 2.52. The molecule has 0 bridgehead atoms. The van der Waals surface area contributed by atoms with Gasteiger partial charge in [0.1, 0.15) is 0 Å². The van der Waals surface area contributed by atoms with Gasteiger partial charge in [-0.05, 0) is 25.1 Å². The molecule has 0 heterocycles. The lowest BCUT2D eigenvalue weighted by molar-refractivity contribution is -0.146. The SMILES string of the molecule is CCOC(=O)[C@@H]1[C@@H](NC(=O)c2cccc(C(F)(F)F)c2)[C@@H]1C(=O)NN. The monoisotopic (exact) mass is 359 g/mol. The number of carbonyl (C=O) groups is 3. The molecule has 2 rings (SSSR count). The number of rotatable bonds is 5. The minimum atomic E-state index is -4.59. The van der Waals surface area contributed by atoms with Crippen molar-refractivity contribution in [2.45, 2.75) is 19.1 Å². The van der Waals surface area contributed by atoms with Crippen molar-refractivity contribution in [2.75, 3.05) is 6.61 Å². The summed E-state index contributed by atoms with van der Waals surface area (Å²) < 4.78 is 43.0. The zero-order valence-corrected chi connectivity index (χ0v) is 13.1. The van der Waals surface area contributed by atoms with Crippen LogP contribution in [-0.2, 0) is 20.5 Å². The first kappa shape index (κ1) is 18.7. The summed E-state index contributed by atoms with van der Waals surface area (Å²) in [6.45, 7) is 1.66. The van der Waals surface area contributed by atoms with Crippen LogP contribution in [-0.4, -0.2) is 30.4 Å². The van der Waals surface area contributed by atoms with Crippen molar-refractivity contribution in [2.24, 2.45) is 17.7 Å². The summed E-state index contributed by atoms with van der Waals surface area (Å²) in [6.07, 6.45) is -4.59. The average Bonchev–Trinajstić information content (AvgIpc) is 3.27. The van der Waals surface area contributed by atoms with Gasteiger partial charge < -0.3 is 10.1 Å². The molecule has 0 aromatic heterocycles. The smallest absolute Gasteiger partial charge is 0.416 e. The fraction of sp³-hybridized carbons (Fsp3) is 0.400. The third-order valence-electron chi connectivity index (χ3n) is 3.77. The van der Waals surface area contributed by atoms with E-state index in [0.717, 1.165) is 12.1 Å². The third kappa shape index (κ3) is 4.08. The number of hydrogen-bond acceptors (Lipinski definition) is 5. The Kier molecular flexibility index (Phi) is 5.31. The molecule has 0 aliphatic heterocycles. The second-order valence-corrected chi connectivity index (χ2v) is 5.39. The average molecular weight is 359 g/mol. The van der Waals surface area contributed by atoms with Gasteiger partial charge in [0.05, 0.1) is 30.0 Å². The number of esters is 1. The van der Waals surface area contributed by atoms with Gasteiger partial charge in [-0.25, -0.2) is 5.84 Å². The normalized spacial score (nSPS) is 22.0. The molecule has 1 aliphatic carbocycles. The van der Waals surface area contributed by atoms with Gasteiger partial charge in [-0.2, -0.15) is 13.2 Å². The van der Waals surface area contributed by atoms with E-state index in [1.807, 2.05) is 5.43 Å². The number of hydrogen-bond donors (Lipinski definition) is 3. The summed E-state index contributed by atoms with van der Waals surface area (Å²) >= 11 is 0. The van der Waals surface area contributed by atoms with Crippen LogP contribution in [0.3, 0.4) is 0 Å². The summed E-state index contributed by atoms with van der Waals surface area (Å²) in [5.41, 5.74) is 0.662. The number of hydrazine groups is 1. The van der Waals surface area contributed by atoms with Crippen LogP contribution < -0.4 is 16.6 Å². The maximum absolute atomic E-state index is 12.7. The van der Waals surface area contributed by atoms with Crippen molar-refractivity contribution < 1.29 is 32.3 Å². The van der Waals surface area contributed by atoms with Crippen molar-refractivity contribution in [3.05, 3.63) is 35.4 Å². The van der Waals surface area contributed by atoms with Crippen molar-refractivity contribution in [3.8, 4) is 0 Å². The highest BCUT2D eigenvalue weighted by molar-refractivity contribution is 5.98. The second-order valence-electron chi connectivity index (χ2n) is 5.39. The summed E-state index contributed by atoms with van der Waals surface area (Å²) in [6, 6.07) is 2.92. The van der Waals surface area contributed by atoms with E-state index < -0.39 is 47.4 Å². The van der Waals surface area contributed by atoms with Crippen LogP contribution >= 0.6 is 0 Å². The number of amides is 2. The highest BCUT2D eigenvalue weighted by Gasteiger charge is 2.60. The van der Waals surface area contributed by atoms with Crippen LogP contribution in [0, 0.1) is 11.8 Å². The minimum Gasteiger partial charge on any atom is -0.466 e. The van der Waals surface area contributed by atoms with Gasteiger partial charge in [0.2, 0.25) is 5.91 Å². The molecule has 136 valence electrons. The fourth-order valence-corrected chi connectivity index (χ4v) is 2.52. The van der Waals surface area contributed by atoms with E-state index in [0.29, 0.717) is 6.07 Å². The van der Waals surface area contributed by atoms with Crippen LogP contribution in [0.1, 0.15) is 22.8 Å². The topological polar surface area (TPSA) is 111 Å². The quantitative estimate of drug-likeness (QED) is 0.309. The Balaban J connectivity index is 2.13. The minimum absolute atomic E-state index is 0.0839. The predicted molar refractivity (Wildman–Crippen MR) is 78.6 cm³/mol. The van der Waals surface area contributed by atoms with Crippen molar-refractivity contribution in [1.82, 2.24) is 10.7 Å².